The van der Waals surface area contributed by atoms with Crippen LogP contribution in [-0.2, 0) is 32.1 Å². The largest absolute Gasteiger partial charge is 0.459 e. The molecule has 7 nitrogen and oxygen atoms in total. The van der Waals surface area contributed by atoms with Gasteiger partial charge >= 0.3 is 5.97 Å². The minimum absolute atomic E-state index is 0.0346. The highest BCUT2D eigenvalue weighted by Crippen LogP contribution is 2.24. The molecule has 2 amide bonds. The third-order valence-electron chi connectivity index (χ3n) is 6.60. The number of unbranched alkanes of at least 4 members (excludes halogenated alkanes) is 2. The summed E-state index contributed by atoms with van der Waals surface area (Å²) in [5, 5.41) is 2.67. The first-order valence-corrected chi connectivity index (χ1v) is 13.0. The maximum Gasteiger partial charge on any atom is 0.329 e. The lowest BCUT2D eigenvalue weighted by atomic mass is 10.1. The molecule has 0 spiro atoms. The first kappa shape index (κ1) is 26.8. The zero-order chi connectivity index (χ0) is 26.7. The highest BCUT2D eigenvalue weighted by molar-refractivity contribution is 6.03. The number of esters is 1. The number of hydrogen-bond donors (Lipinski definition) is 1. The molecule has 1 heterocycles. The number of nitrogens with one attached hydrogen (secondary N) is 1. The van der Waals surface area contributed by atoms with Crippen LogP contribution in [0.1, 0.15) is 53.6 Å². The van der Waals surface area contributed by atoms with Crippen molar-refractivity contribution >= 4 is 23.6 Å². The second kappa shape index (κ2) is 13.3. The predicted octanol–water partition coefficient (Wildman–Crippen LogP) is 4.46. The number of carbonyl (C=O) groups excluding carboxylic acids is 4. The van der Waals surface area contributed by atoms with Gasteiger partial charge < -0.3 is 15.0 Å². The first-order chi connectivity index (χ1) is 18.5. The number of likely N-dealkylation sites (tertiary alicyclic amines) is 1. The van der Waals surface area contributed by atoms with Gasteiger partial charge in [0.15, 0.2) is 11.9 Å². The molecule has 3 aromatic carbocycles. The van der Waals surface area contributed by atoms with Crippen molar-refractivity contribution in [1.82, 2.24) is 10.2 Å². The second-order valence-electron chi connectivity index (χ2n) is 9.37. The van der Waals surface area contributed by atoms with Gasteiger partial charge in [0, 0.05) is 18.4 Å². The maximum atomic E-state index is 13.4. The van der Waals surface area contributed by atoms with E-state index in [1.54, 1.807) is 30.3 Å². The van der Waals surface area contributed by atoms with E-state index in [9.17, 15) is 19.2 Å². The van der Waals surface area contributed by atoms with Crippen LogP contribution in [0.15, 0.2) is 91.0 Å². The van der Waals surface area contributed by atoms with E-state index >= 15 is 0 Å². The molecule has 0 aromatic heterocycles. The van der Waals surface area contributed by atoms with E-state index in [1.807, 2.05) is 48.5 Å². The van der Waals surface area contributed by atoms with Crippen LogP contribution in [0, 0.1) is 0 Å². The molecule has 1 aliphatic rings. The summed E-state index contributed by atoms with van der Waals surface area (Å²) < 4.78 is 5.47. The van der Waals surface area contributed by atoms with Crippen molar-refractivity contribution < 1.29 is 23.9 Å². The number of benzene rings is 3. The van der Waals surface area contributed by atoms with E-state index < -0.39 is 29.9 Å². The summed E-state index contributed by atoms with van der Waals surface area (Å²) in [6.07, 6.45) is 2.03. The Morgan fingerprint density at radius 1 is 0.789 bits per heavy atom. The fourth-order valence-corrected chi connectivity index (χ4v) is 4.58. The monoisotopic (exact) mass is 512 g/mol. The highest BCUT2D eigenvalue weighted by Gasteiger charge is 2.47. The van der Waals surface area contributed by atoms with Gasteiger partial charge in [0.2, 0.25) is 5.91 Å². The zero-order valence-corrected chi connectivity index (χ0v) is 21.3. The molecule has 3 aromatic rings. The molecule has 0 radical (unpaired) electrons. The van der Waals surface area contributed by atoms with Crippen molar-refractivity contribution in [2.75, 3.05) is 0 Å². The lowest BCUT2D eigenvalue weighted by Crippen LogP contribution is -2.54. The summed E-state index contributed by atoms with van der Waals surface area (Å²) in [5.74, 6) is -1.89. The van der Waals surface area contributed by atoms with Crippen LogP contribution >= 0.6 is 0 Å². The highest BCUT2D eigenvalue weighted by atomic mass is 16.5. The van der Waals surface area contributed by atoms with Gasteiger partial charge in [0.25, 0.3) is 5.91 Å². The first-order valence-electron chi connectivity index (χ1n) is 13.0. The number of aryl methyl sites for hydroxylation is 1. The molecular formula is C31H32N2O5. The van der Waals surface area contributed by atoms with Crippen LogP contribution < -0.4 is 5.32 Å². The van der Waals surface area contributed by atoms with Crippen LogP contribution in [0.3, 0.4) is 0 Å². The molecule has 0 unspecified atom stereocenters. The second-order valence-corrected chi connectivity index (χ2v) is 9.37. The standard InChI is InChI=1S/C31H32N2O5/c34-27-21-26(31(37)38-22-24-16-8-2-9-17-24)33(29(27)32-30(36)25-18-10-4-11-19-25)28(35)20-12-3-7-15-23-13-5-1-6-14-23/h1-2,4-6,8-11,13-14,16-19,26,29H,3,7,12,15,20-22H2,(H,32,36)/t26-,29-/m0/s1. The normalized spacial score (nSPS) is 16.7. The SMILES string of the molecule is O=C(N[C@@H]1C(=O)C[C@@H](C(=O)OCc2ccccc2)N1C(=O)CCCCCc1ccccc1)c1ccccc1. The maximum absolute atomic E-state index is 13.4. The Bertz CT molecular complexity index is 1230. The van der Waals surface area contributed by atoms with Crippen molar-refractivity contribution in [1.29, 1.82) is 0 Å². The molecule has 7 heteroatoms. The van der Waals surface area contributed by atoms with Crippen molar-refractivity contribution in [3.8, 4) is 0 Å². The van der Waals surface area contributed by atoms with E-state index in [-0.39, 0.29) is 25.4 Å². The number of Topliss-reactive ketones (excluding diaryl/α,β-unsaturated/α-hetero) is 1. The van der Waals surface area contributed by atoms with E-state index in [4.69, 9.17) is 4.74 Å². The minimum atomic E-state index is -1.21. The van der Waals surface area contributed by atoms with Gasteiger partial charge in [-0.25, -0.2) is 4.79 Å². The Morgan fingerprint density at radius 2 is 1.39 bits per heavy atom. The van der Waals surface area contributed by atoms with Crippen LogP contribution in [0.4, 0.5) is 0 Å². The average Bonchev–Trinajstić information content (AvgIpc) is 3.28. The fraction of sp³-hybridized carbons (Fsp3) is 0.290. The average molecular weight is 513 g/mol. The van der Waals surface area contributed by atoms with Crippen molar-refractivity contribution in [2.45, 2.75) is 57.3 Å². The summed E-state index contributed by atoms with van der Waals surface area (Å²) >= 11 is 0. The number of hydrogen-bond acceptors (Lipinski definition) is 5. The summed E-state index contributed by atoms with van der Waals surface area (Å²) in [6, 6.07) is 26.7. The molecule has 1 aliphatic heterocycles. The van der Waals surface area contributed by atoms with Gasteiger partial charge in [0.05, 0.1) is 0 Å². The van der Waals surface area contributed by atoms with Crippen LogP contribution in [0.5, 0.6) is 0 Å². The molecule has 0 bridgehead atoms. The van der Waals surface area contributed by atoms with Crippen LogP contribution in [0.25, 0.3) is 0 Å². The van der Waals surface area contributed by atoms with E-state index in [2.05, 4.69) is 17.4 Å². The Labute approximate surface area is 222 Å². The molecule has 1 saturated heterocycles. The van der Waals surface area contributed by atoms with E-state index in [1.165, 1.54) is 10.5 Å². The predicted molar refractivity (Wildman–Crippen MR) is 143 cm³/mol. The number of nitrogens with zero attached hydrogens (tertiary/aromatic N) is 1. The number of amides is 2. The summed E-state index contributed by atoms with van der Waals surface area (Å²) in [5.41, 5.74) is 2.41. The van der Waals surface area contributed by atoms with Gasteiger partial charge in [0.1, 0.15) is 12.6 Å². The number of carbonyl (C=O) groups is 4. The van der Waals surface area contributed by atoms with Gasteiger partial charge in [-0.15, -0.1) is 0 Å². The summed E-state index contributed by atoms with van der Waals surface area (Å²) in [6.45, 7) is 0.0346. The molecule has 4 rings (SSSR count). The Balaban J connectivity index is 1.41. The Morgan fingerprint density at radius 3 is 2.05 bits per heavy atom. The molecule has 38 heavy (non-hydrogen) atoms. The molecule has 2 atom stereocenters. The van der Waals surface area contributed by atoms with Crippen molar-refractivity contribution in [3.05, 3.63) is 108 Å². The third kappa shape index (κ3) is 7.16. The van der Waals surface area contributed by atoms with E-state index in [0.29, 0.717) is 12.0 Å². The molecule has 196 valence electrons. The topological polar surface area (TPSA) is 92.8 Å². The quantitative estimate of drug-likeness (QED) is 0.303. The number of ketones is 1. The third-order valence-corrected chi connectivity index (χ3v) is 6.60. The zero-order valence-electron chi connectivity index (χ0n) is 21.3. The fourth-order valence-electron chi connectivity index (χ4n) is 4.58. The lowest BCUT2D eigenvalue weighted by molar-refractivity contribution is -0.156. The molecular weight excluding hydrogens is 480 g/mol. The van der Waals surface area contributed by atoms with Gasteiger partial charge in [-0.05, 0) is 42.5 Å². The van der Waals surface area contributed by atoms with E-state index in [0.717, 1.165) is 24.8 Å². The van der Waals surface area contributed by atoms with Crippen LogP contribution in [0.2, 0.25) is 0 Å². The Hall–Kier alpha value is -4.26. The Kier molecular flexibility index (Phi) is 9.40. The van der Waals surface area contributed by atoms with Gasteiger partial charge in [-0.1, -0.05) is 85.3 Å². The molecule has 1 fully saturated rings. The number of rotatable bonds is 11. The summed E-state index contributed by atoms with van der Waals surface area (Å²) in [7, 11) is 0. The minimum Gasteiger partial charge on any atom is -0.459 e. The lowest BCUT2D eigenvalue weighted by Gasteiger charge is -2.28. The summed E-state index contributed by atoms with van der Waals surface area (Å²) in [4.78, 5) is 53.4. The molecule has 1 N–H and O–H groups in total. The molecule has 0 saturated carbocycles. The molecule has 0 aliphatic carbocycles. The van der Waals surface area contributed by atoms with Gasteiger partial charge in [-0.2, -0.15) is 0 Å². The van der Waals surface area contributed by atoms with Crippen molar-refractivity contribution in [2.24, 2.45) is 0 Å². The van der Waals surface area contributed by atoms with Gasteiger partial charge in [-0.3, -0.25) is 14.4 Å². The van der Waals surface area contributed by atoms with Crippen molar-refractivity contribution in [3.63, 3.8) is 0 Å². The smallest absolute Gasteiger partial charge is 0.329 e. The van der Waals surface area contributed by atoms with Crippen LogP contribution in [-0.4, -0.2) is 40.7 Å². The number of ether oxygens (including phenoxy) is 1.